The van der Waals surface area contributed by atoms with Crippen LogP contribution in [0.4, 0.5) is 13.2 Å². The summed E-state index contributed by atoms with van der Waals surface area (Å²) in [5, 5.41) is 3.21. The molecule has 0 radical (unpaired) electrons. The van der Waals surface area contributed by atoms with Gasteiger partial charge in [-0.2, -0.15) is 30.2 Å². The normalized spacial score (nSPS) is 19.3. The quantitative estimate of drug-likeness (QED) is 0.768. The summed E-state index contributed by atoms with van der Waals surface area (Å²) in [6.45, 7) is 4.05. The van der Waals surface area contributed by atoms with Crippen LogP contribution in [0, 0.1) is 5.92 Å². The van der Waals surface area contributed by atoms with Crippen LogP contribution in [0.25, 0.3) is 0 Å². The zero-order valence-electron chi connectivity index (χ0n) is 12.5. The van der Waals surface area contributed by atoms with Crippen LogP contribution in [0.5, 0.6) is 0 Å². The molecule has 0 aromatic heterocycles. The molecule has 126 valence electrons. The molecule has 0 saturated carbocycles. The van der Waals surface area contributed by atoms with E-state index in [4.69, 9.17) is 0 Å². The van der Waals surface area contributed by atoms with Crippen molar-refractivity contribution < 1.29 is 21.6 Å². The van der Waals surface area contributed by atoms with E-state index in [-0.39, 0.29) is 19.6 Å². The maximum absolute atomic E-state index is 12.5. The van der Waals surface area contributed by atoms with Gasteiger partial charge in [0.2, 0.25) is 0 Å². The number of halogens is 3. The number of rotatable bonds is 7. The van der Waals surface area contributed by atoms with Gasteiger partial charge in [0, 0.05) is 19.6 Å². The maximum atomic E-state index is 12.5. The van der Waals surface area contributed by atoms with E-state index in [0.29, 0.717) is 23.1 Å². The Morgan fingerprint density at radius 3 is 2.24 bits per heavy atom. The van der Waals surface area contributed by atoms with E-state index < -0.39 is 22.9 Å². The van der Waals surface area contributed by atoms with Gasteiger partial charge in [0.15, 0.2) is 0 Å². The minimum Gasteiger partial charge on any atom is -0.317 e. The molecule has 9 heteroatoms. The Kier molecular flexibility index (Phi) is 6.89. The molecule has 0 spiro atoms. The highest BCUT2D eigenvalue weighted by atomic mass is 32.2. The maximum Gasteiger partial charge on any atom is 0.402 e. The lowest BCUT2D eigenvalue weighted by molar-refractivity contribution is -0.136. The van der Waals surface area contributed by atoms with Gasteiger partial charge in [0.25, 0.3) is 10.2 Å². The van der Waals surface area contributed by atoms with E-state index in [9.17, 15) is 21.6 Å². The Labute approximate surface area is 124 Å². The molecule has 0 aliphatic carbocycles. The summed E-state index contributed by atoms with van der Waals surface area (Å²) in [7, 11) is -4.03. The number of nitrogens with one attached hydrogen (secondary N) is 1. The standard InChI is InChI=1S/C12H24F3N3O2S/c1-3-16-9-11-5-7-18(8-6-11)21(19,20)17(4-2)10-12(13,14)15/h11,16H,3-10H2,1-2H3. The third kappa shape index (κ3) is 5.72. The number of piperidine rings is 1. The van der Waals surface area contributed by atoms with Crippen LogP contribution >= 0.6 is 0 Å². The Bertz CT molecular complexity index is 406. The first-order valence-corrected chi connectivity index (χ1v) is 8.63. The third-order valence-electron chi connectivity index (χ3n) is 3.62. The molecule has 21 heavy (non-hydrogen) atoms. The van der Waals surface area contributed by atoms with E-state index >= 15 is 0 Å². The smallest absolute Gasteiger partial charge is 0.317 e. The van der Waals surface area contributed by atoms with E-state index in [1.165, 1.54) is 11.2 Å². The molecule has 0 amide bonds. The minimum atomic E-state index is -4.52. The highest BCUT2D eigenvalue weighted by Gasteiger charge is 2.39. The summed E-state index contributed by atoms with van der Waals surface area (Å²) < 4.78 is 63.5. The van der Waals surface area contributed by atoms with Gasteiger partial charge in [-0.15, -0.1) is 0 Å². The number of hydrogen-bond acceptors (Lipinski definition) is 3. The monoisotopic (exact) mass is 331 g/mol. The minimum absolute atomic E-state index is 0.181. The van der Waals surface area contributed by atoms with Gasteiger partial charge in [0.05, 0.1) is 0 Å². The molecule has 1 aliphatic heterocycles. The SMILES string of the molecule is CCNCC1CCN(S(=O)(=O)N(CC)CC(F)(F)F)CC1. The van der Waals surface area contributed by atoms with Crippen LogP contribution in [0.2, 0.25) is 0 Å². The lowest BCUT2D eigenvalue weighted by Gasteiger charge is -2.34. The largest absolute Gasteiger partial charge is 0.402 e. The van der Waals surface area contributed by atoms with Crippen LogP contribution in [0.3, 0.4) is 0 Å². The summed E-state index contributed by atoms with van der Waals surface area (Å²) in [5.41, 5.74) is 0. The second-order valence-corrected chi connectivity index (χ2v) is 7.13. The van der Waals surface area contributed by atoms with Gasteiger partial charge in [-0.25, -0.2) is 0 Å². The van der Waals surface area contributed by atoms with Crippen molar-refractivity contribution in [3.05, 3.63) is 0 Å². The van der Waals surface area contributed by atoms with Gasteiger partial charge in [0.1, 0.15) is 6.54 Å². The van der Waals surface area contributed by atoms with Gasteiger partial charge in [-0.1, -0.05) is 13.8 Å². The number of hydrogen-bond donors (Lipinski definition) is 1. The summed E-state index contributed by atoms with van der Waals surface area (Å²) in [5.74, 6) is 0.383. The predicted octanol–water partition coefficient (Wildman–Crippen LogP) is 1.44. The van der Waals surface area contributed by atoms with Crippen LogP contribution in [-0.2, 0) is 10.2 Å². The van der Waals surface area contributed by atoms with Crippen molar-refractivity contribution in [1.29, 1.82) is 0 Å². The Balaban J connectivity index is 2.63. The summed E-state index contributed by atoms with van der Waals surface area (Å²) in [6, 6.07) is 0. The van der Waals surface area contributed by atoms with E-state index in [1.807, 2.05) is 6.92 Å². The summed E-state index contributed by atoms with van der Waals surface area (Å²) >= 11 is 0. The second kappa shape index (κ2) is 7.75. The first-order chi connectivity index (χ1) is 9.70. The molecule has 1 fully saturated rings. The average Bonchev–Trinajstić information content (AvgIpc) is 2.41. The van der Waals surface area contributed by atoms with Crippen molar-refractivity contribution in [3.63, 3.8) is 0 Å². The molecule has 5 nitrogen and oxygen atoms in total. The van der Waals surface area contributed by atoms with Crippen molar-refractivity contribution in [3.8, 4) is 0 Å². The molecule has 0 aromatic carbocycles. The average molecular weight is 331 g/mol. The zero-order valence-corrected chi connectivity index (χ0v) is 13.3. The first-order valence-electron chi connectivity index (χ1n) is 7.23. The molecule has 1 heterocycles. The Morgan fingerprint density at radius 2 is 1.81 bits per heavy atom. The fourth-order valence-corrected chi connectivity index (χ4v) is 4.05. The van der Waals surface area contributed by atoms with Gasteiger partial charge in [-0.3, -0.25) is 0 Å². The van der Waals surface area contributed by atoms with Gasteiger partial charge < -0.3 is 5.32 Å². The number of alkyl halides is 3. The summed E-state index contributed by atoms with van der Waals surface area (Å²) in [6.07, 6.45) is -3.17. The van der Waals surface area contributed by atoms with Crippen molar-refractivity contribution in [2.24, 2.45) is 5.92 Å². The van der Waals surface area contributed by atoms with Crippen LogP contribution in [0.15, 0.2) is 0 Å². The zero-order chi connectivity index (χ0) is 16.1. The molecule has 1 aliphatic rings. The Morgan fingerprint density at radius 1 is 1.24 bits per heavy atom. The van der Waals surface area contributed by atoms with E-state index in [1.54, 1.807) is 0 Å². The van der Waals surface area contributed by atoms with Crippen LogP contribution in [-0.4, -0.2) is 62.5 Å². The molecule has 0 bridgehead atoms. The second-order valence-electron chi connectivity index (χ2n) is 5.20. The summed E-state index contributed by atoms with van der Waals surface area (Å²) in [4.78, 5) is 0. The van der Waals surface area contributed by atoms with Gasteiger partial charge >= 0.3 is 6.18 Å². The van der Waals surface area contributed by atoms with Crippen molar-refractivity contribution in [1.82, 2.24) is 13.9 Å². The van der Waals surface area contributed by atoms with Gasteiger partial charge in [-0.05, 0) is 31.8 Å². The lowest BCUT2D eigenvalue weighted by Crippen LogP contribution is -2.50. The van der Waals surface area contributed by atoms with Crippen molar-refractivity contribution in [2.75, 3.05) is 39.3 Å². The topological polar surface area (TPSA) is 52.7 Å². The molecule has 1 N–H and O–H groups in total. The fourth-order valence-electron chi connectivity index (χ4n) is 2.41. The highest BCUT2D eigenvalue weighted by Crippen LogP contribution is 2.24. The Hall–Kier alpha value is -0.380. The van der Waals surface area contributed by atoms with E-state index in [2.05, 4.69) is 5.32 Å². The molecule has 0 unspecified atom stereocenters. The molecule has 0 atom stereocenters. The highest BCUT2D eigenvalue weighted by molar-refractivity contribution is 7.86. The third-order valence-corrected chi connectivity index (χ3v) is 5.68. The molecule has 1 rings (SSSR count). The lowest BCUT2D eigenvalue weighted by atomic mass is 9.98. The molecule has 1 saturated heterocycles. The molecule has 0 aromatic rings. The number of nitrogens with zero attached hydrogens (tertiary/aromatic N) is 2. The van der Waals surface area contributed by atoms with Crippen LogP contribution in [0.1, 0.15) is 26.7 Å². The molecular weight excluding hydrogens is 307 g/mol. The van der Waals surface area contributed by atoms with Crippen molar-refractivity contribution in [2.45, 2.75) is 32.9 Å². The van der Waals surface area contributed by atoms with E-state index in [0.717, 1.165) is 13.1 Å². The first kappa shape index (κ1) is 18.7. The van der Waals surface area contributed by atoms with Crippen molar-refractivity contribution >= 4 is 10.2 Å². The fraction of sp³-hybridized carbons (Fsp3) is 1.00. The predicted molar refractivity (Wildman–Crippen MR) is 75.1 cm³/mol. The molecular formula is C12H24F3N3O2S. The van der Waals surface area contributed by atoms with Crippen LogP contribution < -0.4 is 5.32 Å².